The summed E-state index contributed by atoms with van der Waals surface area (Å²) in [6.45, 7) is 5.44. The summed E-state index contributed by atoms with van der Waals surface area (Å²) in [7, 11) is 0. The molecule has 0 spiro atoms. The molecule has 0 N–H and O–H groups in total. The van der Waals surface area contributed by atoms with Crippen LogP contribution in [-0.4, -0.2) is 52.2 Å². The number of nitrogens with zero attached hydrogens (tertiary/aromatic N) is 5. The Morgan fingerprint density at radius 1 is 1.18 bits per heavy atom. The predicted octanol–water partition coefficient (Wildman–Crippen LogP) is 2.28. The van der Waals surface area contributed by atoms with Crippen molar-refractivity contribution < 1.29 is 13.3 Å². The molecule has 1 aliphatic heterocycles. The van der Waals surface area contributed by atoms with Gasteiger partial charge in [0.15, 0.2) is 0 Å². The number of alkyl halides is 2. The van der Waals surface area contributed by atoms with Crippen LogP contribution in [0.3, 0.4) is 0 Å². The monoisotopic (exact) mass is 389 g/mol. The fourth-order valence-corrected chi connectivity index (χ4v) is 3.51. The van der Waals surface area contributed by atoms with E-state index in [0.29, 0.717) is 10.9 Å². The standard InChI is InChI=1S/C19H21F2N5O2/c1-13-8-14(23-28-13)10-24-4-6-25(7-5-24)15-2-3-16-17(9-15)22-12-26(19(16)27)11-18(20)21/h2-3,8-9,12,18H,4-7,10-11H2,1H3. The van der Waals surface area contributed by atoms with Crippen molar-refractivity contribution in [2.45, 2.75) is 26.4 Å². The Balaban J connectivity index is 1.45. The third kappa shape index (κ3) is 3.89. The minimum atomic E-state index is -2.59. The maximum absolute atomic E-state index is 12.6. The zero-order chi connectivity index (χ0) is 19.7. The van der Waals surface area contributed by atoms with Crippen molar-refractivity contribution in [3.63, 3.8) is 0 Å². The quantitative estimate of drug-likeness (QED) is 0.667. The van der Waals surface area contributed by atoms with E-state index in [1.807, 2.05) is 25.1 Å². The first-order chi connectivity index (χ1) is 13.5. The Kier molecular flexibility index (Phi) is 5.08. The van der Waals surface area contributed by atoms with Gasteiger partial charge in [0.2, 0.25) is 0 Å². The van der Waals surface area contributed by atoms with E-state index in [9.17, 15) is 13.6 Å². The van der Waals surface area contributed by atoms with Crippen molar-refractivity contribution in [3.05, 3.63) is 52.4 Å². The summed E-state index contributed by atoms with van der Waals surface area (Å²) >= 11 is 0. The van der Waals surface area contributed by atoms with E-state index < -0.39 is 18.5 Å². The molecule has 148 valence electrons. The Morgan fingerprint density at radius 3 is 2.64 bits per heavy atom. The first-order valence-electron chi connectivity index (χ1n) is 9.16. The van der Waals surface area contributed by atoms with Crippen LogP contribution in [0.25, 0.3) is 10.9 Å². The third-order valence-corrected chi connectivity index (χ3v) is 4.94. The summed E-state index contributed by atoms with van der Waals surface area (Å²) < 4.78 is 31.2. The number of benzene rings is 1. The fourth-order valence-electron chi connectivity index (χ4n) is 3.51. The zero-order valence-corrected chi connectivity index (χ0v) is 15.5. The molecule has 0 saturated carbocycles. The number of rotatable bonds is 5. The molecule has 7 nitrogen and oxygen atoms in total. The van der Waals surface area contributed by atoms with Crippen LogP contribution in [0, 0.1) is 6.92 Å². The summed E-state index contributed by atoms with van der Waals surface area (Å²) in [5.41, 5.74) is 1.99. The molecule has 3 heterocycles. The lowest BCUT2D eigenvalue weighted by Crippen LogP contribution is -2.46. The molecule has 3 aromatic rings. The van der Waals surface area contributed by atoms with Gasteiger partial charge < -0.3 is 9.42 Å². The van der Waals surface area contributed by atoms with Crippen LogP contribution in [0.1, 0.15) is 11.5 Å². The van der Waals surface area contributed by atoms with E-state index in [1.54, 1.807) is 6.07 Å². The van der Waals surface area contributed by atoms with Crippen molar-refractivity contribution in [1.29, 1.82) is 0 Å². The number of aromatic nitrogens is 3. The maximum atomic E-state index is 12.6. The Bertz CT molecular complexity index is 1020. The Hall–Kier alpha value is -2.81. The van der Waals surface area contributed by atoms with Crippen molar-refractivity contribution in [2.75, 3.05) is 31.1 Å². The van der Waals surface area contributed by atoms with E-state index in [4.69, 9.17) is 4.52 Å². The third-order valence-electron chi connectivity index (χ3n) is 4.94. The lowest BCUT2D eigenvalue weighted by atomic mass is 10.2. The van der Waals surface area contributed by atoms with Gasteiger partial charge in [-0.25, -0.2) is 13.8 Å². The van der Waals surface area contributed by atoms with Crippen LogP contribution in [-0.2, 0) is 13.1 Å². The van der Waals surface area contributed by atoms with Gasteiger partial charge in [0, 0.05) is 44.5 Å². The predicted molar refractivity (Wildman–Crippen MR) is 101 cm³/mol. The highest BCUT2D eigenvalue weighted by Crippen LogP contribution is 2.21. The lowest BCUT2D eigenvalue weighted by Gasteiger charge is -2.35. The van der Waals surface area contributed by atoms with Gasteiger partial charge in [-0.15, -0.1) is 0 Å². The van der Waals surface area contributed by atoms with Crippen LogP contribution < -0.4 is 10.5 Å². The summed E-state index contributed by atoms with van der Waals surface area (Å²) in [4.78, 5) is 21.1. The second-order valence-corrected chi connectivity index (χ2v) is 6.99. The van der Waals surface area contributed by atoms with Crippen molar-refractivity contribution in [2.24, 2.45) is 0 Å². The second-order valence-electron chi connectivity index (χ2n) is 6.99. The smallest absolute Gasteiger partial charge is 0.261 e. The van der Waals surface area contributed by atoms with E-state index in [-0.39, 0.29) is 0 Å². The van der Waals surface area contributed by atoms with Crippen LogP contribution in [0.2, 0.25) is 0 Å². The van der Waals surface area contributed by atoms with Crippen LogP contribution in [0.4, 0.5) is 14.5 Å². The van der Waals surface area contributed by atoms with E-state index >= 15 is 0 Å². The number of fused-ring (bicyclic) bond motifs is 1. The topological polar surface area (TPSA) is 67.4 Å². The number of hydrogen-bond donors (Lipinski definition) is 0. The molecular weight excluding hydrogens is 368 g/mol. The SMILES string of the molecule is Cc1cc(CN2CCN(c3ccc4c(=O)n(CC(F)F)cnc4c3)CC2)no1. The summed E-state index contributed by atoms with van der Waals surface area (Å²) in [6.07, 6.45) is -1.40. The highest BCUT2D eigenvalue weighted by Gasteiger charge is 2.19. The second kappa shape index (κ2) is 7.67. The minimum Gasteiger partial charge on any atom is -0.369 e. The van der Waals surface area contributed by atoms with Crippen molar-refractivity contribution >= 4 is 16.6 Å². The van der Waals surface area contributed by atoms with Gasteiger partial charge in [0.25, 0.3) is 12.0 Å². The van der Waals surface area contributed by atoms with Gasteiger partial charge in [0.1, 0.15) is 5.76 Å². The number of halogens is 2. The number of piperazine rings is 1. The fraction of sp³-hybridized carbons (Fsp3) is 0.421. The highest BCUT2D eigenvalue weighted by atomic mass is 19.3. The molecule has 28 heavy (non-hydrogen) atoms. The first kappa shape index (κ1) is 18.5. The van der Waals surface area contributed by atoms with Gasteiger partial charge in [0.05, 0.1) is 29.5 Å². The molecule has 4 rings (SSSR count). The van der Waals surface area contributed by atoms with Gasteiger partial charge >= 0.3 is 0 Å². The van der Waals surface area contributed by atoms with Gasteiger partial charge in [-0.3, -0.25) is 14.3 Å². The van der Waals surface area contributed by atoms with Crippen molar-refractivity contribution in [1.82, 2.24) is 19.6 Å². The number of aryl methyl sites for hydroxylation is 1. The van der Waals surface area contributed by atoms with Gasteiger partial charge in [-0.2, -0.15) is 0 Å². The normalized spacial score (nSPS) is 15.6. The molecule has 0 bridgehead atoms. The molecule has 1 fully saturated rings. The zero-order valence-electron chi connectivity index (χ0n) is 15.5. The molecule has 0 atom stereocenters. The summed E-state index contributed by atoms with van der Waals surface area (Å²) in [5.74, 6) is 0.810. The molecule has 1 aliphatic rings. The summed E-state index contributed by atoms with van der Waals surface area (Å²) in [5, 5.41) is 4.39. The largest absolute Gasteiger partial charge is 0.369 e. The average molecular weight is 389 g/mol. The molecule has 0 radical (unpaired) electrons. The molecule has 2 aromatic heterocycles. The van der Waals surface area contributed by atoms with Gasteiger partial charge in [-0.05, 0) is 25.1 Å². The van der Waals surface area contributed by atoms with E-state index in [0.717, 1.165) is 54.4 Å². The molecule has 0 amide bonds. The highest BCUT2D eigenvalue weighted by molar-refractivity contribution is 5.81. The molecule has 0 aliphatic carbocycles. The molecule has 1 saturated heterocycles. The Morgan fingerprint density at radius 2 is 1.96 bits per heavy atom. The van der Waals surface area contributed by atoms with E-state index in [2.05, 4.69) is 19.9 Å². The maximum Gasteiger partial charge on any atom is 0.261 e. The van der Waals surface area contributed by atoms with Gasteiger partial charge in [-0.1, -0.05) is 5.16 Å². The first-order valence-corrected chi connectivity index (χ1v) is 9.16. The lowest BCUT2D eigenvalue weighted by molar-refractivity contribution is 0.125. The van der Waals surface area contributed by atoms with Crippen molar-refractivity contribution in [3.8, 4) is 0 Å². The molecule has 9 heteroatoms. The number of hydrogen-bond acceptors (Lipinski definition) is 6. The molecule has 1 aromatic carbocycles. The Labute approximate surface area is 160 Å². The van der Waals surface area contributed by atoms with E-state index in [1.165, 1.54) is 6.33 Å². The van der Waals surface area contributed by atoms with Crippen LogP contribution in [0.15, 0.2) is 39.9 Å². The summed E-state index contributed by atoms with van der Waals surface area (Å²) in [6, 6.07) is 7.32. The average Bonchev–Trinajstić information content (AvgIpc) is 3.09. The van der Waals surface area contributed by atoms with Crippen LogP contribution >= 0.6 is 0 Å². The minimum absolute atomic E-state index is 0.354. The molecule has 0 unspecified atom stereocenters. The van der Waals surface area contributed by atoms with Crippen LogP contribution in [0.5, 0.6) is 0 Å². The number of anilines is 1. The molecular formula is C19H21F2N5O2.